The summed E-state index contributed by atoms with van der Waals surface area (Å²) in [5, 5.41) is 0. The molecule has 3 atom stereocenters. The third-order valence-electron chi connectivity index (χ3n) is 6.21. The summed E-state index contributed by atoms with van der Waals surface area (Å²) in [6.07, 6.45) is 0. The van der Waals surface area contributed by atoms with Gasteiger partial charge in [0.1, 0.15) is 0 Å². The van der Waals surface area contributed by atoms with Gasteiger partial charge in [-0.15, -0.1) is 0 Å². The smallest absolute Gasteiger partial charge is 0.320 e. The normalized spacial score (nSPS) is 24.4. The second-order valence-corrected chi connectivity index (χ2v) is 8.52. The highest BCUT2D eigenvalue weighted by molar-refractivity contribution is 5.75. The van der Waals surface area contributed by atoms with Gasteiger partial charge in [-0.2, -0.15) is 0 Å². The van der Waals surface area contributed by atoms with Crippen molar-refractivity contribution in [2.45, 2.75) is 26.4 Å². The molecular weight excluding hydrogens is 348 g/mol. The molecule has 3 heterocycles. The van der Waals surface area contributed by atoms with Gasteiger partial charge in [-0.25, -0.2) is 4.79 Å². The number of carbonyl (C=O) groups excluding carboxylic acids is 1. The molecular formula is C23H30N4O. The van der Waals surface area contributed by atoms with Gasteiger partial charge >= 0.3 is 6.03 Å². The molecule has 0 bridgehead atoms. The maximum Gasteiger partial charge on any atom is 0.320 e. The van der Waals surface area contributed by atoms with Crippen LogP contribution in [-0.4, -0.2) is 59.4 Å². The summed E-state index contributed by atoms with van der Waals surface area (Å²) in [6.45, 7) is 7.96. The van der Waals surface area contributed by atoms with Gasteiger partial charge in [0.05, 0.1) is 11.7 Å². The minimum absolute atomic E-state index is 0.120. The lowest BCUT2D eigenvalue weighted by Crippen LogP contribution is -2.41. The zero-order chi connectivity index (χ0) is 19.8. The van der Waals surface area contributed by atoms with E-state index in [0.717, 1.165) is 37.6 Å². The summed E-state index contributed by atoms with van der Waals surface area (Å²) in [6, 6.07) is 15.0. The number of aryl methyl sites for hydroxylation is 2. The average molecular weight is 379 g/mol. The molecule has 148 valence electrons. The molecule has 2 saturated heterocycles. The van der Waals surface area contributed by atoms with Crippen LogP contribution >= 0.6 is 0 Å². The van der Waals surface area contributed by atoms with E-state index in [1.807, 2.05) is 27.1 Å². The van der Waals surface area contributed by atoms with Crippen molar-refractivity contribution in [3.63, 3.8) is 0 Å². The predicted molar refractivity (Wildman–Crippen MR) is 111 cm³/mol. The quantitative estimate of drug-likeness (QED) is 0.821. The van der Waals surface area contributed by atoms with Crippen molar-refractivity contribution in [2.75, 3.05) is 33.7 Å². The Morgan fingerprint density at radius 2 is 1.86 bits per heavy atom. The van der Waals surface area contributed by atoms with Crippen LogP contribution in [-0.2, 0) is 6.54 Å². The fraction of sp³-hybridized carbons (Fsp3) is 0.478. The number of aromatic nitrogens is 1. The summed E-state index contributed by atoms with van der Waals surface area (Å²) in [7, 11) is 3.70. The minimum atomic E-state index is 0.120. The third-order valence-corrected chi connectivity index (χ3v) is 6.21. The van der Waals surface area contributed by atoms with Crippen molar-refractivity contribution in [3.8, 4) is 0 Å². The van der Waals surface area contributed by atoms with Crippen LogP contribution in [0.3, 0.4) is 0 Å². The molecule has 0 aliphatic carbocycles. The molecule has 0 spiro atoms. The highest BCUT2D eigenvalue weighted by Crippen LogP contribution is 2.46. The van der Waals surface area contributed by atoms with Crippen molar-refractivity contribution in [2.24, 2.45) is 11.8 Å². The van der Waals surface area contributed by atoms with Gasteiger partial charge in [-0.1, -0.05) is 30.3 Å². The molecule has 1 aromatic heterocycles. The number of carbonyl (C=O) groups is 1. The highest BCUT2D eigenvalue weighted by Gasteiger charge is 2.49. The van der Waals surface area contributed by atoms with Gasteiger partial charge in [0.25, 0.3) is 0 Å². The summed E-state index contributed by atoms with van der Waals surface area (Å²) < 4.78 is 0. The Kier molecular flexibility index (Phi) is 5.11. The summed E-state index contributed by atoms with van der Waals surface area (Å²) in [4.78, 5) is 23.9. The van der Waals surface area contributed by atoms with Crippen molar-refractivity contribution >= 4 is 6.03 Å². The van der Waals surface area contributed by atoms with Crippen LogP contribution in [0.15, 0.2) is 42.5 Å². The zero-order valence-electron chi connectivity index (χ0n) is 17.3. The summed E-state index contributed by atoms with van der Waals surface area (Å²) in [5.41, 5.74) is 4.76. The number of urea groups is 1. The molecule has 4 rings (SSSR count). The van der Waals surface area contributed by atoms with Crippen molar-refractivity contribution < 1.29 is 4.79 Å². The van der Waals surface area contributed by atoms with Gasteiger partial charge in [0.2, 0.25) is 0 Å². The number of nitrogens with zero attached hydrogens (tertiary/aromatic N) is 4. The lowest BCUT2D eigenvalue weighted by molar-refractivity contribution is 0.151. The van der Waals surface area contributed by atoms with Gasteiger partial charge in [-0.3, -0.25) is 9.88 Å². The predicted octanol–water partition coefficient (Wildman–Crippen LogP) is 3.48. The van der Waals surface area contributed by atoms with Crippen LogP contribution in [0.4, 0.5) is 4.79 Å². The van der Waals surface area contributed by atoms with Gasteiger partial charge in [0.15, 0.2) is 0 Å². The molecule has 0 saturated carbocycles. The molecule has 2 aliphatic heterocycles. The Hall–Kier alpha value is -2.40. The maximum atomic E-state index is 12.9. The molecule has 0 radical (unpaired) electrons. The van der Waals surface area contributed by atoms with Gasteiger partial charge in [-0.05, 0) is 43.0 Å². The SMILES string of the molecule is Cc1cccc(CN2C[C@@H]3CN(C(=O)N(C)C)[C@@H](c4ccccc4C)[C@@H]3C2)n1. The molecule has 5 nitrogen and oxygen atoms in total. The molecule has 5 heteroatoms. The number of fused-ring (bicyclic) bond motifs is 1. The van der Waals surface area contributed by atoms with Crippen LogP contribution in [0.5, 0.6) is 0 Å². The zero-order valence-corrected chi connectivity index (χ0v) is 17.3. The number of pyridine rings is 1. The first-order chi connectivity index (χ1) is 13.4. The minimum Gasteiger partial charge on any atom is -0.331 e. The third kappa shape index (κ3) is 3.51. The molecule has 2 amide bonds. The maximum absolute atomic E-state index is 12.9. The second-order valence-electron chi connectivity index (χ2n) is 8.52. The first kappa shape index (κ1) is 18.9. The van der Waals surface area contributed by atoms with Crippen LogP contribution in [0, 0.1) is 25.7 Å². The lowest BCUT2D eigenvalue weighted by Gasteiger charge is -2.32. The molecule has 0 unspecified atom stereocenters. The second kappa shape index (κ2) is 7.55. The molecule has 0 N–H and O–H groups in total. The Morgan fingerprint density at radius 3 is 2.57 bits per heavy atom. The molecule has 2 aromatic rings. The van der Waals surface area contributed by atoms with E-state index in [4.69, 9.17) is 0 Å². The van der Waals surface area contributed by atoms with E-state index in [1.54, 1.807) is 4.90 Å². The van der Waals surface area contributed by atoms with Gasteiger partial charge in [0, 0.05) is 51.9 Å². The Morgan fingerprint density at radius 1 is 1.07 bits per heavy atom. The lowest BCUT2D eigenvalue weighted by atomic mass is 9.88. The van der Waals surface area contributed by atoms with Crippen molar-refractivity contribution in [1.29, 1.82) is 0 Å². The van der Waals surface area contributed by atoms with E-state index in [0.29, 0.717) is 11.8 Å². The number of likely N-dealkylation sites (tertiary alicyclic amines) is 2. The Balaban J connectivity index is 1.58. The highest BCUT2D eigenvalue weighted by atomic mass is 16.2. The first-order valence-corrected chi connectivity index (χ1v) is 10.1. The van der Waals surface area contributed by atoms with E-state index in [9.17, 15) is 4.79 Å². The van der Waals surface area contributed by atoms with E-state index < -0.39 is 0 Å². The number of hydrogen-bond acceptors (Lipinski definition) is 3. The number of rotatable bonds is 3. The molecule has 28 heavy (non-hydrogen) atoms. The summed E-state index contributed by atoms with van der Waals surface area (Å²) >= 11 is 0. The van der Waals surface area contributed by atoms with Crippen LogP contribution < -0.4 is 0 Å². The number of benzene rings is 1. The van der Waals surface area contributed by atoms with Crippen LogP contribution in [0.2, 0.25) is 0 Å². The van der Waals surface area contributed by atoms with Crippen LogP contribution in [0.25, 0.3) is 0 Å². The largest absolute Gasteiger partial charge is 0.331 e. The first-order valence-electron chi connectivity index (χ1n) is 10.1. The van der Waals surface area contributed by atoms with E-state index >= 15 is 0 Å². The van der Waals surface area contributed by atoms with Gasteiger partial charge < -0.3 is 9.80 Å². The molecule has 1 aromatic carbocycles. The van der Waals surface area contributed by atoms with E-state index in [1.165, 1.54) is 11.1 Å². The van der Waals surface area contributed by atoms with Crippen molar-refractivity contribution in [3.05, 3.63) is 65.0 Å². The van der Waals surface area contributed by atoms with Crippen LogP contribution in [0.1, 0.15) is 28.6 Å². The summed E-state index contributed by atoms with van der Waals surface area (Å²) in [5.74, 6) is 0.980. The Labute approximate surface area is 168 Å². The van der Waals surface area contributed by atoms with E-state index in [2.05, 4.69) is 58.1 Å². The fourth-order valence-corrected chi connectivity index (χ4v) is 4.95. The average Bonchev–Trinajstić information content (AvgIpc) is 3.18. The molecule has 2 aliphatic rings. The standard InChI is InChI=1S/C23H30N4O/c1-16-8-5-6-11-20(16)22-21-15-26(14-19-10-7-9-17(2)24-19)12-18(21)13-27(22)23(28)25(3)4/h5-11,18,21-22H,12-15H2,1-4H3/t18-,21-,22+/m1/s1. The van der Waals surface area contributed by atoms with Crippen molar-refractivity contribution in [1.82, 2.24) is 19.7 Å². The Bertz CT molecular complexity index is 865. The topological polar surface area (TPSA) is 39.7 Å². The fourth-order valence-electron chi connectivity index (χ4n) is 4.95. The van der Waals surface area contributed by atoms with E-state index in [-0.39, 0.29) is 12.1 Å². The molecule has 2 fully saturated rings. The number of amides is 2. The number of hydrogen-bond donors (Lipinski definition) is 0. The monoisotopic (exact) mass is 378 g/mol.